The van der Waals surface area contributed by atoms with Crippen molar-refractivity contribution in [1.82, 2.24) is 0 Å². The number of aryl methyl sites for hydroxylation is 1. The Kier molecular flexibility index (Phi) is 5.85. The molecule has 0 amide bonds. The number of sulfone groups is 1. The second-order valence-corrected chi connectivity index (χ2v) is 10.6. The predicted molar refractivity (Wildman–Crippen MR) is 127 cm³/mol. The summed E-state index contributed by atoms with van der Waals surface area (Å²) >= 11 is 0. The monoisotopic (exact) mass is 476 g/mol. The van der Waals surface area contributed by atoms with E-state index in [1.807, 2.05) is 43.3 Å². The van der Waals surface area contributed by atoms with Crippen molar-refractivity contribution < 1.29 is 27.8 Å². The summed E-state index contributed by atoms with van der Waals surface area (Å²) in [5.41, 5.74) is 2.26. The molecule has 0 unspecified atom stereocenters. The summed E-state index contributed by atoms with van der Waals surface area (Å²) in [5, 5.41) is 8.84. The van der Waals surface area contributed by atoms with E-state index in [0.717, 1.165) is 5.56 Å². The number of ether oxygens (including phenoxy) is 2. The van der Waals surface area contributed by atoms with Crippen LogP contribution in [0.25, 0.3) is 5.76 Å². The summed E-state index contributed by atoms with van der Waals surface area (Å²) in [6, 6.07) is 24.3. The van der Waals surface area contributed by atoms with Gasteiger partial charge in [-0.2, -0.15) is 0 Å². The van der Waals surface area contributed by atoms with Crippen molar-refractivity contribution in [2.75, 3.05) is 6.61 Å². The maximum absolute atomic E-state index is 13.8. The maximum atomic E-state index is 13.8. The molecule has 4 atom stereocenters. The molecule has 2 aliphatic rings. The van der Waals surface area contributed by atoms with Crippen LogP contribution in [0.3, 0.4) is 0 Å². The second-order valence-electron chi connectivity index (χ2n) is 8.50. The minimum Gasteiger partial charge on any atom is -0.463 e. The second kappa shape index (κ2) is 8.83. The molecule has 0 aromatic heterocycles. The number of aliphatic hydroxyl groups is 1. The van der Waals surface area contributed by atoms with Gasteiger partial charge in [-0.25, -0.2) is 8.42 Å². The topological polar surface area (TPSA) is 89.9 Å². The number of Topliss-reactive ketones (excluding diaryl/α,β-unsaturated/α-hetero) is 1. The molecule has 5 rings (SSSR count). The van der Waals surface area contributed by atoms with Gasteiger partial charge in [0, 0.05) is 11.1 Å². The average molecular weight is 477 g/mol. The van der Waals surface area contributed by atoms with Crippen molar-refractivity contribution in [3.63, 3.8) is 0 Å². The summed E-state index contributed by atoms with van der Waals surface area (Å²) < 4.78 is 39.7. The fraction of sp³-hybridized carbons (Fsp3) is 0.222. The van der Waals surface area contributed by atoms with E-state index in [2.05, 4.69) is 0 Å². The Bertz CT molecular complexity index is 1330. The molecule has 3 aromatic carbocycles. The molecule has 1 N–H and O–H groups in total. The van der Waals surface area contributed by atoms with Gasteiger partial charge in [0.1, 0.15) is 17.1 Å². The molecule has 0 bridgehead atoms. The zero-order valence-corrected chi connectivity index (χ0v) is 19.3. The minimum atomic E-state index is -3.98. The fourth-order valence-corrected chi connectivity index (χ4v) is 6.72. The number of benzene rings is 3. The van der Waals surface area contributed by atoms with Crippen molar-refractivity contribution in [3.8, 4) is 0 Å². The Labute approximate surface area is 198 Å². The van der Waals surface area contributed by atoms with E-state index in [9.17, 15) is 18.3 Å². The smallest absolute Gasteiger partial charge is 0.208 e. The van der Waals surface area contributed by atoms with Crippen molar-refractivity contribution >= 4 is 21.4 Å². The van der Waals surface area contributed by atoms with E-state index in [0.29, 0.717) is 16.9 Å². The van der Waals surface area contributed by atoms with Crippen LogP contribution in [0.1, 0.15) is 21.5 Å². The molecule has 0 saturated carbocycles. The third-order valence-corrected chi connectivity index (χ3v) is 8.58. The average Bonchev–Trinajstić information content (AvgIpc) is 3.41. The molecule has 0 radical (unpaired) electrons. The standard InChI is InChI=1S/C27H24O6S/c1-17-12-14-20(15-13-17)34(30,31)26-21(16-28)32-27-23(26)22(24(29)18-8-4-2-5-9-18)25(33-27)19-10-6-3-7-11-19/h2-15,21,23,26-28H,16H2,1H3/t21-,23+,26-,27+/m1/s1. The van der Waals surface area contributed by atoms with Crippen LogP contribution in [0.4, 0.5) is 0 Å². The lowest BCUT2D eigenvalue weighted by Gasteiger charge is -2.22. The van der Waals surface area contributed by atoms with Crippen LogP contribution >= 0.6 is 0 Å². The molecule has 1 fully saturated rings. The minimum absolute atomic E-state index is 0.116. The third kappa shape index (κ3) is 3.76. The van der Waals surface area contributed by atoms with Crippen LogP contribution in [0.2, 0.25) is 0 Å². The number of rotatable bonds is 6. The van der Waals surface area contributed by atoms with Crippen LogP contribution in [0, 0.1) is 12.8 Å². The molecule has 34 heavy (non-hydrogen) atoms. The number of carbonyl (C=O) groups is 1. The lowest BCUT2D eigenvalue weighted by molar-refractivity contribution is -0.100. The highest BCUT2D eigenvalue weighted by molar-refractivity contribution is 7.92. The number of aliphatic hydroxyl groups excluding tert-OH is 1. The molecule has 2 aliphatic heterocycles. The van der Waals surface area contributed by atoms with Gasteiger partial charge in [-0.3, -0.25) is 4.79 Å². The van der Waals surface area contributed by atoms with Crippen molar-refractivity contribution in [2.45, 2.75) is 29.5 Å². The van der Waals surface area contributed by atoms with Crippen LogP contribution in [0.5, 0.6) is 0 Å². The van der Waals surface area contributed by atoms with E-state index in [1.54, 1.807) is 48.5 Å². The molecule has 0 aliphatic carbocycles. The summed E-state index contributed by atoms with van der Waals surface area (Å²) in [5.74, 6) is -0.908. The number of hydrogen-bond acceptors (Lipinski definition) is 6. The van der Waals surface area contributed by atoms with Gasteiger partial charge in [0.15, 0.2) is 15.6 Å². The SMILES string of the molecule is Cc1ccc(S(=O)(=O)[C@H]2[C@@H]3C(C(=O)c4ccccc4)=C(c4ccccc4)O[C@@H]3O[C@@H]2CO)cc1. The molecule has 1 saturated heterocycles. The van der Waals surface area contributed by atoms with Crippen LogP contribution in [-0.2, 0) is 19.3 Å². The summed E-state index contributed by atoms with van der Waals surface area (Å²) in [4.78, 5) is 13.9. The summed E-state index contributed by atoms with van der Waals surface area (Å²) in [6.07, 6.45) is -2.03. The predicted octanol–water partition coefficient (Wildman–Crippen LogP) is 3.80. The fourth-order valence-electron chi connectivity index (χ4n) is 4.69. The van der Waals surface area contributed by atoms with Gasteiger partial charge in [0.05, 0.1) is 23.0 Å². The molecule has 0 spiro atoms. The third-order valence-electron chi connectivity index (χ3n) is 6.34. The number of carbonyl (C=O) groups excluding carboxylic acids is 1. The highest BCUT2D eigenvalue weighted by Gasteiger charge is 2.59. The molecular weight excluding hydrogens is 452 g/mol. The lowest BCUT2D eigenvalue weighted by atomic mass is 9.88. The van der Waals surface area contributed by atoms with Crippen molar-refractivity contribution in [3.05, 3.63) is 107 Å². The zero-order valence-electron chi connectivity index (χ0n) is 18.5. The summed E-state index contributed by atoms with van der Waals surface area (Å²) in [7, 11) is -3.98. The number of hydrogen-bond donors (Lipinski definition) is 1. The molecule has 174 valence electrons. The van der Waals surface area contributed by atoms with E-state index in [1.165, 1.54) is 0 Å². The largest absolute Gasteiger partial charge is 0.463 e. The van der Waals surface area contributed by atoms with Gasteiger partial charge in [-0.1, -0.05) is 78.4 Å². The van der Waals surface area contributed by atoms with Crippen molar-refractivity contribution in [1.29, 1.82) is 0 Å². The van der Waals surface area contributed by atoms with Gasteiger partial charge >= 0.3 is 0 Å². The van der Waals surface area contributed by atoms with Gasteiger partial charge in [-0.15, -0.1) is 0 Å². The van der Waals surface area contributed by atoms with Crippen molar-refractivity contribution in [2.24, 2.45) is 5.92 Å². The molecule has 6 nitrogen and oxygen atoms in total. The first-order chi connectivity index (χ1) is 16.4. The maximum Gasteiger partial charge on any atom is 0.208 e. The number of ketones is 1. The Balaban J connectivity index is 1.68. The van der Waals surface area contributed by atoms with Crippen LogP contribution in [-0.4, -0.2) is 43.6 Å². The lowest BCUT2D eigenvalue weighted by Crippen LogP contribution is -2.39. The summed E-state index contributed by atoms with van der Waals surface area (Å²) in [6.45, 7) is 1.36. The Morgan fingerprint density at radius 1 is 0.912 bits per heavy atom. The van der Waals surface area contributed by atoms with Gasteiger partial charge in [0.25, 0.3) is 0 Å². The normalized spacial score (nSPS) is 24.1. The van der Waals surface area contributed by atoms with Gasteiger partial charge in [-0.05, 0) is 19.1 Å². The molecule has 7 heteroatoms. The Morgan fingerprint density at radius 3 is 2.15 bits per heavy atom. The molecular formula is C27H24O6S. The van der Waals surface area contributed by atoms with E-state index in [-0.39, 0.29) is 16.3 Å². The van der Waals surface area contributed by atoms with Crippen LogP contribution in [0.15, 0.2) is 95.4 Å². The van der Waals surface area contributed by atoms with E-state index >= 15 is 0 Å². The Morgan fingerprint density at radius 2 is 1.53 bits per heavy atom. The quantitative estimate of drug-likeness (QED) is 0.545. The molecule has 3 aromatic rings. The van der Waals surface area contributed by atoms with E-state index in [4.69, 9.17) is 9.47 Å². The van der Waals surface area contributed by atoms with Gasteiger partial charge in [0.2, 0.25) is 6.29 Å². The van der Waals surface area contributed by atoms with Crippen LogP contribution < -0.4 is 0 Å². The zero-order chi connectivity index (χ0) is 23.9. The first kappa shape index (κ1) is 22.5. The highest BCUT2D eigenvalue weighted by Crippen LogP contribution is 2.49. The first-order valence-corrected chi connectivity index (χ1v) is 12.6. The highest BCUT2D eigenvalue weighted by atomic mass is 32.2. The number of fused-ring (bicyclic) bond motifs is 1. The first-order valence-electron chi connectivity index (χ1n) is 11.0. The molecule has 2 heterocycles. The Hall–Kier alpha value is -3.26. The van der Waals surface area contributed by atoms with E-state index < -0.39 is 40.0 Å². The van der Waals surface area contributed by atoms with Gasteiger partial charge < -0.3 is 14.6 Å².